The number of Topliss-reactive ketones (excluding diaryl/α,β-unsaturated/α-hetero) is 1. The first-order chi connectivity index (χ1) is 8.40. The fraction of sp³-hybridized carbons (Fsp3) is 0.562. The maximum Gasteiger partial charge on any atom is 0.168 e. The molecule has 2 nitrogen and oxygen atoms in total. The largest absolute Gasteiger partial charge is 0.374 e. The number of hydrogen-bond acceptors (Lipinski definition) is 2. The zero-order valence-electron chi connectivity index (χ0n) is 11.9. The van der Waals surface area contributed by atoms with Crippen LogP contribution in [0.25, 0.3) is 0 Å². The predicted octanol–water partition coefficient (Wildman–Crippen LogP) is 3.55. The zero-order chi connectivity index (χ0) is 13.4. The highest BCUT2D eigenvalue weighted by Crippen LogP contribution is 2.34. The van der Waals surface area contributed by atoms with Crippen molar-refractivity contribution in [3.05, 3.63) is 34.9 Å². The average molecular weight is 246 g/mol. The van der Waals surface area contributed by atoms with Gasteiger partial charge in [-0.15, -0.1) is 0 Å². The minimum Gasteiger partial charge on any atom is -0.374 e. The highest BCUT2D eigenvalue weighted by Gasteiger charge is 2.41. The summed E-state index contributed by atoms with van der Waals surface area (Å²) in [6.07, 6.45) is 0.183. The fourth-order valence-corrected chi connectivity index (χ4v) is 3.03. The standard InChI is InChI=1S/C16H22O2/c1-9-6-10(2)8-14(7-9)16(17)15-11(3)12(4)18-13(15)5/h6-8,11-13,15H,1-5H3. The SMILES string of the molecule is Cc1cc(C)cc(C(=O)C2C(C)OC(C)C2C)c1. The van der Waals surface area contributed by atoms with Crippen molar-refractivity contribution in [1.82, 2.24) is 0 Å². The maximum absolute atomic E-state index is 12.6. The maximum atomic E-state index is 12.6. The van der Waals surface area contributed by atoms with E-state index < -0.39 is 0 Å². The molecule has 1 aromatic carbocycles. The Morgan fingerprint density at radius 3 is 2.00 bits per heavy atom. The lowest BCUT2D eigenvalue weighted by atomic mass is 9.83. The van der Waals surface area contributed by atoms with Gasteiger partial charge in [-0.05, 0) is 45.7 Å². The lowest BCUT2D eigenvalue weighted by Gasteiger charge is -2.17. The first kappa shape index (κ1) is 13.3. The summed E-state index contributed by atoms with van der Waals surface area (Å²) in [5, 5.41) is 0. The Bertz CT molecular complexity index is 444. The predicted molar refractivity (Wildman–Crippen MR) is 72.9 cm³/mol. The summed E-state index contributed by atoms with van der Waals surface area (Å²) >= 11 is 0. The highest BCUT2D eigenvalue weighted by atomic mass is 16.5. The van der Waals surface area contributed by atoms with Crippen molar-refractivity contribution in [2.24, 2.45) is 11.8 Å². The van der Waals surface area contributed by atoms with Gasteiger partial charge in [-0.1, -0.05) is 24.1 Å². The Balaban J connectivity index is 2.31. The van der Waals surface area contributed by atoms with Gasteiger partial charge in [0.15, 0.2) is 5.78 Å². The van der Waals surface area contributed by atoms with Crippen LogP contribution < -0.4 is 0 Å². The van der Waals surface area contributed by atoms with E-state index in [4.69, 9.17) is 4.74 Å². The van der Waals surface area contributed by atoms with Gasteiger partial charge in [0.25, 0.3) is 0 Å². The van der Waals surface area contributed by atoms with Gasteiger partial charge >= 0.3 is 0 Å². The molecule has 2 rings (SSSR count). The number of ether oxygens (including phenoxy) is 1. The summed E-state index contributed by atoms with van der Waals surface area (Å²) in [5.41, 5.74) is 3.12. The van der Waals surface area contributed by atoms with Crippen molar-refractivity contribution in [3.63, 3.8) is 0 Å². The third-order valence-electron chi connectivity index (χ3n) is 4.05. The molecule has 0 N–H and O–H groups in total. The molecular weight excluding hydrogens is 224 g/mol. The van der Waals surface area contributed by atoms with E-state index in [2.05, 4.69) is 19.9 Å². The molecule has 1 heterocycles. The number of rotatable bonds is 2. The molecule has 2 heteroatoms. The molecule has 0 spiro atoms. The zero-order valence-corrected chi connectivity index (χ0v) is 11.9. The molecule has 0 radical (unpaired) electrons. The van der Waals surface area contributed by atoms with E-state index in [0.717, 1.165) is 16.7 Å². The molecule has 1 aliphatic heterocycles. The van der Waals surface area contributed by atoms with E-state index in [1.54, 1.807) is 0 Å². The summed E-state index contributed by atoms with van der Waals surface area (Å²) < 4.78 is 5.77. The molecule has 98 valence electrons. The Morgan fingerprint density at radius 1 is 1.00 bits per heavy atom. The van der Waals surface area contributed by atoms with E-state index in [9.17, 15) is 4.79 Å². The number of hydrogen-bond donors (Lipinski definition) is 0. The van der Waals surface area contributed by atoms with E-state index in [1.165, 1.54) is 0 Å². The molecule has 18 heavy (non-hydrogen) atoms. The molecule has 0 aliphatic carbocycles. The summed E-state index contributed by atoms with van der Waals surface area (Å²) in [5.74, 6) is 0.501. The number of carbonyl (C=O) groups is 1. The van der Waals surface area contributed by atoms with Crippen LogP contribution in [0.5, 0.6) is 0 Å². The lowest BCUT2D eigenvalue weighted by molar-refractivity contribution is 0.0491. The van der Waals surface area contributed by atoms with Crippen LogP contribution in [0.2, 0.25) is 0 Å². The molecule has 0 saturated carbocycles. The van der Waals surface area contributed by atoms with Crippen molar-refractivity contribution < 1.29 is 9.53 Å². The number of carbonyl (C=O) groups excluding carboxylic acids is 1. The van der Waals surface area contributed by atoms with Crippen LogP contribution in [0.4, 0.5) is 0 Å². The van der Waals surface area contributed by atoms with E-state index in [-0.39, 0.29) is 29.8 Å². The number of aryl methyl sites for hydroxylation is 2. The number of ketones is 1. The minimum atomic E-state index is -0.0128. The van der Waals surface area contributed by atoms with Crippen molar-refractivity contribution >= 4 is 5.78 Å². The van der Waals surface area contributed by atoms with Crippen LogP contribution >= 0.6 is 0 Å². The molecular formula is C16H22O2. The van der Waals surface area contributed by atoms with Crippen LogP contribution in [0.3, 0.4) is 0 Å². The normalized spacial score (nSPS) is 31.6. The summed E-state index contributed by atoms with van der Waals surface area (Å²) in [7, 11) is 0. The molecule has 0 bridgehead atoms. The van der Waals surface area contributed by atoms with Crippen LogP contribution in [0.1, 0.15) is 42.3 Å². The summed E-state index contributed by atoms with van der Waals surface area (Å²) in [6, 6.07) is 6.06. The van der Waals surface area contributed by atoms with Crippen LogP contribution in [-0.2, 0) is 4.74 Å². The van der Waals surface area contributed by atoms with Crippen molar-refractivity contribution in [1.29, 1.82) is 0 Å². The Kier molecular flexibility index (Phi) is 3.58. The van der Waals surface area contributed by atoms with Crippen molar-refractivity contribution in [2.45, 2.75) is 46.8 Å². The molecule has 1 fully saturated rings. The van der Waals surface area contributed by atoms with Crippen LogP contribution in [0, 0.1) is 25.7 Å². The second-order valence-electron chi connectivity index (χ2n) is 5.67. The Hall–Kier alpha value is -1.15. The van der Waals surface area contributed by atoms with E-state index in [0.29, 0.717) is 0 Å². The average Bonchev–Trinajstić information content (AvgIpc) is 2.51. The molecule has 4 atom stereocenters. The van der Waals surface area contributed by atoms with Gasteiger partial charge in [-0.3, -0.25) is 4.79 Å². The second kappa shape index (κ2) is 4.85. The first-order valence-corrected chi connectivity index (χ1v) is 6.68. The number of benzene rings is 1. The van der Waals surface area contributed by atoms with Crippen LogP contribution in [-0.4, -0.2) is 18.0 Å². The van der Waals surface area contributed by atoms with Crippen molar-refractivity contribution in [2.75, 3.05) is 0 Å². The monoisotopic (exact) mass is 246 g/mol. The smallest absolute Gasteiger partial charge is 0.168 e. The Labute approximate surface area is 109 Å². The molecule has 1 saturated heterocycles. The van der Waals surface area contributed by atoms with Gasteiger partial charge in [0.05, 0.1) is 18.1 Å². The van der Waals surface area contributed by atoms with Crippen LogP contribution in [0.15, 0.2) is 18.2 Å². The molecule has 1 aliphatic rings. The van der Waals surface area contributed by atoms with Gasteiger partial charge in [0.1, 0.15) is 0 Å². The summed E-state index contributed by atoms with van der Waals surface area (Å²) in [6.45, 7) is 10.2. The molecule has 4 unspecified atom stereocenters. The van der Waals surface area contributed by atoms with E-state index >= 15 is 0 Å². The van der Waals surface area contributed by atoms with Crippen molar-refractivity contribution in [3.8, 4) is 0 Å². The first-order valence-electron chi connectivity index (χ1n) is 6.68. The third-order valence-corrected chi connectivity index (χ3v) is 4.05. The van der Waals surface area contributed by atoms with Gasteiger partial charge < -0.3 is 4.74 Å². The second-order valence-corrected chi connectivity index (χ2v) is 5.67. The summed E-state index contributed by atoms with van der Waals surface area (Å²) in [4.78, 5) is 12.6. The molecule has 1 aromatic rings. The van der Waals surface area contributed by atoms with Gasteiger partial charge in [-0.25, -0.2) is 0 Å². The molecule has 0 aromatic heterocycles. The Morgan fingerprint density at radius 2 is 1.56 bits per heavy atom. The third kappa shape index (κ3) is 2.35. The lowest BCUT2D eigenvalue weighted by Crippen LogP contribution is -2.27. The fourth-order valence-electron chi connectivity index (χ4n) is 3.03. The van der Waals surface area contributed by atoms with Gasteiger partial charge in [-0.2, -0.15) is 0 Å². The topological polar surface area (TPSA) is 26.3 Å². The van der Waals surface area contributed by atoms with Gasteiger partial charge in [0, 0.05) is 5.56 Å². The van der Waals surface area contributed by atoms with E-state index in [1.807, 2.05) is 32.9 Å². The quantitative estimate of drug-likeness (QED) is 0.746. The minimum absolute atomic E-state index is 0.0128. The highest BCUT2D eigenvalue weighted by molar-refractivity contribution is 5.99. The van der Waals surface area contributed by atoms with Gasteiger partial charge in [0.2, 0.25) is 0 Å². The molecule has 0 amide bonds.